The number of carbonyl (C=O) groups excluding carboxylic acids is 2. The molecule has 1 saturated heterocycles. The van der Waals surface area contributed by atoms with Crippen molar-refractivity contribution in [3.8, 4) is 0 Å². The monoisotopic (exact) mass is 269 g/mol. The topological polar surface area (TPSA) is 82.5 Å². The van der Waals surface area contributed by atoms with Crippen molar-refractivity contribution in [3.63, 3.8) is 0 Å². The molecule has 6 nitrogen and oxygen atoms in total. The number of imide groups is 1. The van der Waals surface area contributed by atoms with Crippen LogP contribution in [0.25, 0.3) is 0 Å². The second-order valence-electron chi connectivity index (χ2n) is 4.20. The van der Waals surface area contributed by atoms with E-state index in [1.54, 1.807) is 17.2 Å². The first-order valence-corrected chi connectivity index (χ1v) is 6.64. The highest BCUT2D eigenvalue weighted by atomic mass is 32.1. The van der Waals surface area contributed by atoms with Crippen LogP contribution < -0.4 is 10.2 Å². The lowest BCUT2D eigenvalue weighted by molar-refractivity contribution is -0.132. The van der Waals surface area contributed by atoms with Gasteiger partial charge in [0.15, 0.2) is 5.13 Å². The van der Waals surface area contributed by atoms with E-state index >= 15 is 0 Å². The van der Waals surface area contributed by atoms with Gasteiger partial charge in [-0.05, 0) is 13.3 Å². The van der Waals surface area contributed by atoms with Crippen LogP contribution in [0.15, 0.2) is 5.38 Å². The van der Waals surface area contributed by atoms with Crippen molar-refractivity contribution in [2.45, 2.75) is 32.4 Å². The molecule has 1 aromatic heterocycles. The molecule has 18 heavy (non-hydrogen) atoms. The second kappa shape index (κ2) is 5.03. The Balaban J connectivity index is 2.27. The first-order chi connectivity index (χ1) is 8.52. The maximum Gasteiger partial charge on any atom is 0.249 e. The smallest absolute Gasteiger partial charge is 0.249 e. The molecule has 0 aliphatic carbocycles. The number of carbonyl (C=O) groups is 2. The highest BCUT2D eigenvalue weighted by molar-refractivity contribution is 7.13. The fourth-order valence-corrected chi connectivity index (χ4v) is 2.83. The van der Waals surface area contributed by atoms with Crippen molar-refractivity contribution >= 4 is 28.3 Å². The normalized spacial score (nSPS) is 21.9. The molecule has 1 aromatic rings. The molecule has 0 bridgehead atoms. The van der Waals surface area contributed by atoms with E-state index in [1.807, 2.05) is 6.92 Å². The standard InChI is InChI=1S/C11H15N3O3S/c1-3-8-10(17)13-9(16)4-14(8)11-12-7(5-18-11)6(2)15/h5-6,8,15H,3-4H2,1-2H3,(H,13,16,17). The van der Waals surface area contributed by atoms with Gasteiger partial charge in [-0.1, -0.05) is 6.92 Å². The lowest BCUT2D eigenvalue weighted by Crippen LogP contribution is -2.58. The molecular weight excluding hydrogens is 254 g/mol. The maximum absolute atomic E-state index is 11.7. The van der Waals surface area contributed by atoms with Gasteiger partial charge in [-0.25, -0.2) is 4.98 Å². The molecule has 98 valence electrons. The summed E-state index contributed by atoms with van der Waals surface area (Å²) >= 11 is 1.33. The molecule has 1 aliphatic rings. The number of aromatic nitrogens is 1. The van der Waals surface area contributed by atoms with Gasteiger partial charge in [-0.3, -0.25) is 14.9 Å². The SMILES string of the molecule is CCC1C(=O)NC(=O)CN1c1nc(C(C)O)cs1. The van der Waals surface area contributed by atoms with Crippen LogP contribution in [0.1, 0.15) is 32.1 Å². The minimum atomic E-state index is -0.649. The Hall–Kier alpha value is -1.47. The molecule has 2 atom stereocenters. The first-order valence-electron chi connectivity index (χ1n) is 5.76. The quantitative estimate of drug-likeness (QED) is 0.778. The first kappa shape index (κ1) is 13.0. The van der Waals surface area contributed by atoms with Crippen LogP contribution in [0.3, 0.4) is 0 Å². The van der Waals surface area contributed by atoms with Gasteiger partial charge in [-0.2, -0.15) is 0 Å². The number of aliphatic hydroxyl groups excluding tert-OH is 1. The van der Waals surface area contributed by atoms with E-state index in [-0.39, 0.29) is 24.4 Å². The summed E-state index contributed by atoms with van der Waals surface area (Å²) in [5.74, 6) is -0.610. The van der Waals surface area contributed by atoms with Crippen LogP contribution in [-0.4, -0.2) is 34.5 Å². The molecule has 2 N–H and O–H groups in total. The molecule has 1 aliphatic heterocycles. The van der Waals surface area contributed by atoms with E-state index in [9.17, 15) is 14.7 Å². The van der Waals surface area contributed by atoms with E-state index in [1.165, 1.54) is 11.3 Å². The van der Waals surface area contributed by atoms with Crippen molar-refractivity contribution in [2.24, 2.45) is 0 Å². The highest BCUT2D eigenvalue weighted by Gasteiger charge is 2.34. The van der Waals surface area contributed by atoms with Crippen molar-refractivity contribution < 1.29 is 14.7 Å². The van der Waals surface area contributed by atoms with Crippen LogP contribution >= 0.6 is 11.3 Å². The van der Waals surface area contributed by atoms with Crippen LogP contribution in [0.4, 0.5) is 5.13 Å². The number of rotatable bonds is 3. The van der Waals surface area contributed by atoms with Gasteiger partial charge in [-0.15, -0.1) is 11.3 Å². The summed E-state index contributed by atoms with van der Waals surface area (Å²) in [4.78, 5) is 29.1. The lowest BCUT2D eigenvalue weighted by atomic mass is 10.1. The molecule has 0 saturated carbocycles. The average Bonchev–Trinajstić information content (AvgIpc) is 2.77. The molecule has 2 heterocycles. The number of amides is 2. The Morgan fingerprint density at radius 2 is 2.39 bits per heavy atom. The van der Waals surface area contributed by atoms with Crippen molar-refractivity contribution in [3.05, 3.63) is 11.1 Å². The molecule has 0 spiro atoms. The van der Waals surface area contributed by atoms with E-state index in [0.717, 1.165) is 0 Å². The molecule has 1 fully saturated rings. The van der Waals surface area contributed by atoms with Crippen LogP contribution in [-0.2, 0) is 9.59 Å². The van der Waals surface area contributed by atoms with E-state index in [4.69, 9.17) is 0 Å². The Bertz CT molecular complexity index is 472. The Kier molecular flexibility index (Phi) is 3.63. The minimum absolute atomic E-state index is 0.122. The summed E-state index contributed by atoms with van der Waals surface area (Å²) in [6, 6.07) is -0.379. The lowest BCUT2D eigenvalue weighted by Gasteiger charge is -2.33. The molecule has 7 heteroatoms. The van der Waals surface area contributed by atoms with Gasteiger partial charge in [0.25, 0.3) is 0 Å². The zero-order chi connectivity index (χ0) is 13.3. The molecule has 0 radical (unpaired) electrons. The molecule has 2 rings (SSSR count). The third-order valence-corrected chi connectivity index (χ3v) is 3.72. The third kappa shape index (κ3) is 2.37. The second-order valence-corrected chi connectivity index (χ2v) is 5.03. The summed E-state index contributed by atoms with van der Waals surface area (Å²) in [6.07, 6.45) is -0.0488. The van der Waals surface area contributed by atoms with Crippen LogP contribution in [0.5, 0.6) is 0 Å². The predicted molar refractivity (Wildman–Crippen MR) is 67.3 cm³/mol. The Morgan fingerprint density at radius 1 is 1.67 bits per heavy atom. The number of anilines is 1. The van der Waals surface area contributed by atoms with Gasteiger partial charge < -0.3 is 10.0 Å². The number of thiazole rings is 1. The van der Waals surface area contributed by atoms with Gasteiger partial charge >= 0.3 is 0 Å². The number of aliphatic hydroxyl groups is 1. The summed E-state index contributed by atoms with van der Waals surface area (Å²) in [6.45, 7) is 3.64. The fraction of sp³-hybridized carbons (Fsp3) is 0.545. The van der Waals surface area contributed by atoms with E-state index in [0.29, 0.717) is 17.2 Å². The van der Waals surface area contributed by atoms with Gasteiger partial charge in [0.05, 0.1) is 11.8 Å². The number of nitrogens with one attached hydrogen (secondary N) is 1. The van der Waals surface area contributed by atoms with Gasteiger partial charge in [0.1, 0.15) is 12.6 Å². The Labute approximate surface area is 109 Å². The van der Waals surface area contributed by atoms with Crippen LogP contribution in [0.2, 0.25) is 0 Å². The molecular formula is C11H15N3O3S. The zero-order valence-corrected chi connectivity index (χ0v) is 11.0. The largest absolute Gasteiger partial charge is 0.387 e. The fourth-order valence-electron chi connectivity index (χ4n) is 1.87. The molecule has 0 aromatic carbocycles. The summed E-state index contributed by atoms with van der Waals surface area (Å²) in [5, 5.41) is 14.1. The minimum Gasteiger partial charge on any atom is -0.387 e. The summed E-state index contributed by atoms with van der Waals surface area (Å²) < 4.78 is 0. The van der Waals surface area contributed by atoms with Crippen molar-refractivity contribution in [2.75, 3.05) is 11.4 Å². The van der Waals surface area contributed by atoms with Crippen LogP contribution in [0, 0.1) is 0 Å². The molecule has 2 amide bonds. The highest BCUT2D eigenvalue weighted by Crippen LogP contribution is 2.27. The van der Waals surface area contributed by atoms with E-state index < -0.39 is 6.10 Å². The molecule has 2 unspecified atom stereocenters. The van der Waals surface area contributed by atoms with E-state index in [2.05, 4.69) is 10.3 Å². The summed E-state index contributed by atoms with van der Waals surface area (Å²) in [5.41, 5.74) is 0.559. The van der Waals surface area contributed by atoms with Gasteiger partial charge in [0.2, 0.25) is 11.8 Å². The maximum atomic E-state index is 11.7. The summed E-state index contributed by atoms with van der Waals surface area (Å²) in [7, 11) is 0. The number of piperazine rings is 1. The third-order valence-electron chi connectivity index (χ3n) is 2.83. The zero-order valence-electron chi connectivity index (χ0n) is 10.2. The van der Waals surface area contributed by atoms with Crippen molar-refractivity contribution in [1.82, 2.24) is 10.3 Å². The number of nitrogens with zero attached hydrogens (tertiary/aromatic N) is 2. The Morgan fingerprint density at radius 3 is 2.94 bits per heavy atom. The van der Waals surface area contributed by atoms with Gasteiger partial charge in [0, 0.05) is 5.38 Å². The number of hydrogen-bond donors (Lipinski definition) is 2. The average molecular weight is 269 g/mol. The predicted octanol–water partition coefficient (Wildman–Crippen LogP) is 0.438. The number of hydrogen-bond acceptors (Lipinski definition) is 6. The van der Waals surface area contributed by atoms with Crippen molar-refractivity contribution in [1.29, 1.82) is 0 Å².